The van der Waals surface area contributed by atoms with Crippen LogP contribution in [0.25, 0.3) is 0 Å². The average molecular weight is 272 g/mol. The highest BCUT2D eigenvalue weighted by molar-refractivity contribution is 7.14. The van der Waals surface area contributed by atoms with Crippen molar-refractivity contribution in [2.75, 3.05) is 11.9 Å². The Labute approximate surface area is 109 Å². The van der Waals surface area contributed by atoms with Crippen molar-refractivity contribution in [3.63, 3.8) is 0 Å². The summed E-state index contributed by atoms with van der Waals surface area (Å²) < 4.78 is 0. The fourth-order valence-electron chi connectivity index (χ4n) is 1.31. The monoisotopic (exact) mass is 272 g/mol. The third kappa shape index (κ3) is 3.71. The van der Waals surface area contributed by atoms with E-state index in [4.69, 9.17) is 10.2 Å². The molecule has 1 atom stereocenters. The minimum absolute atomic E-state index is 0.0558. The molecule has 0 aliphatic carbocycles. The van der Waals surface area contributed by atoms with Crippen LogP contribution in [0.2, 0.25) is 0 Å². The van der Waals surface area contributed by atoms with E-state index in [1.54, 1.807) is 5.38 Å². The minimum atomic E-state index is -1.09. The van der Waals surface area contributed by atoms with Gasteiger partial charge in [-0.15, -0.1) is 11.3 Å². The van der Waals surface area contributed by atoms with E-state index in [1.807, 2.05) is 13.8 Å². The molecule has 0 bridgehead atoms. The molecule has 2 amide bonds. The fraction of sp³-hybridized carbons (Fsp3) is 0.455. The molecule has 0 spiro atoms. The second-order valence-electron chi connectivity index (χ2n) is 4.10. The summed E-state index contributed by atoms with van der Waals surface area (Å²) in [6.45, 7) is 3.57. The molecule has 1 unspecified atom stereocenters. The van der Waals surface area contributed by atoms with Crippen molar-refractivity contribution in [1.82, 2.24) is 5.32 Å². The molecule has 0 radical (unpaired) electrons. The van der Waals surface area contributed by atoms with Gasteiger partial charge in [-0.2, -0.15) is 0 Å². The van der Waals surface area contributed by atoms with Crippen molar-refractivity contribution in [3.8, 4) is 0 Å². The summed E-state index contributed by atoms with van der Waals surface area (Å²) in [6, 6.07) is 0.542. The normalized spacial score (nSPS) is 12.2. The van der Waals surface area contributed by atoms with Crippen LogP contribution in [0.15, 0.2) is 11.4 Å². The van der Waals surface area contributed by atoms with Gasteiger partial charge in [0.05, 0.1) is 18.2 Å². The first kappa shape index (κ1) is 14.5. The second-order valence-corrected chi connectivity index (χ2v) is 5.02. The lowest BCUT2D eigenvalue weighted by molar-refractivity contribution is 0.0698. The number of carbonyl (C=O) groups is 2. The van der Waals surface area contributed by atoms with Crippen LogP contribution in [0.5, 0.6) is 0 Å². The summed E-state index contributed by atoms with van der Waals surface area (Å²) in [5.74, 6) is -1.00. The minimum Gasteiger partial charge on any atom is -0.478 e. The molecule has 0 aromatic carbocycles. The molecule has 1 rings (SSSR count). The van der Waals surface area contributed by atoms with Gasteiger partial charge >= 0.3 is 12.0 Å². The SMILES string of the molecule is CC(C)C(CO)NC(=O)Nc1sccc1C(=O)O. The molecule has 0 saturated carbocycles. The highest BCUT2D eigenvalue weighted by Gasteiger charge is 2.17. The number of aliphatic hydroxyl groups is 1. The van der Waals surface area contributed by atoms with Gasteiger partial charge in [0.25, 0.3) is 0 Å². The van der Waals surface area contributed by atoms with Crippen LogP contribution >= 0.6 is 11.3 Å². The topological polar surface area (TPSA) is 98.7 Å². The number of aliphatic hydroxyl groups excluding tert-OH is 1. The van der Waals surface area contributed by atoms with Crippen LogP contribution < -0.4 is 10.6 Å². The van der Waals surface area contributed by atoms with E-state index in [2.05, 4.69) is 10.6 Å². The van der Waals surface area contributed by atoms with Crippen molar-refractivity contribution in [2.45, 2.75) is 19.9 Å². The van der Waals surface area contributed by atoms with Crippen LogP contribution in [0.1, 0.15) is 24.2 Å². The smallest absolute Gasteiger partial charge is 0.338 e. The van der Waals surface area contributed by atoms with Crippen LogP contribution in [0.4, 0.5) is 9.80 Å². The highest BCUT2D eigenvalue weighted by atomic mass is 32.1. The number of thiophene rings is 1. The van der Waals surface area contributed by atoms with Crippen molar-refractivity contribution in [2.24, 2.45) is 5.92 Å². The molecular weight excluding hydrogens is 256 g/mol. The fourth-order valence-corrected chi connectivity index (χ4v) is 2.08. The van der Waals surface area contributed by atoms with Gasteiger partial charge in [-0.25, -0.2) is 9.59 Å². The number of carboxylic acids is 1. The number of amides is 2. The first-order valence-corrected chi connectivity index (χ1v) is 6.32. The molecule has 0 aliphatic rings. The first-order chi connectivity index (χ1) is 8.45. The standard InChI is InChI=1S/C11H16N2O4S/c1-6(2)8(5-14)12-11(17)13-9-7(10(15)16)3-4-18-9/h3-4,6,8,14H,5H2,1-2H3,(H,15,16)(H2,12,13,17). The number of anilines is 1. The molecule has 0 saturated heterocycles. The van der Waals surface area contributed by atoms with Gasteiger partial charge in [0.2, 0.25) is 0 Å². The van der Waals surface area contributed by atoms with Gasteiger partial charge in [0, 0.05) is 0 Å². The Balaban J connectivity index is 2.64. The Morgan fingerprint density at radius 3 is 2.61 bits per heavy atom. The zero-order valence-electron chi connectivity index (χ0n) is 10.1. The Kier molecular flexibility index (Phi) is 5.11. The maximum atomic E-state index is 11.6. The Morgan fingerprint density at radius 2 is 2.11 bits per heavy atom. The number of rotatable bonds is 5. The zero-order valence-corrected chi connectivity index (χ0v) is 11.0. The maximum absolute atomic E-state index is 11.6. The van der Waals surface area contributed by atoms with Crippen molar-refractivity contribution in [1.29, 1.82) is 0 Å². The molecule has 18 heavy (non-hydrogen) atoms. The summed E-state index contributed by atoms with van der Waals surface area (Å²) in [5, 5.41) is 24.9. The van der Waals surface area contributed by atoms with E-state index < -0.39 is 12.0 Å². The van der Waals surface area contributed by atoms with E-state index in [1.165, 1.54) is 6.07 Å². The van der Waals surface area contributed by atoms with Crippen LogP contribution in [-0.2, 0) is 0 Å². The van der Waals surface area contributed by atoms with Gasteiger partial charge in [-0.05, 0) is 17.4 Å². The van der Waals surface area contributed by atoms with Crippen molar-refractivity contribution >= 4 is 28.3 Å². The largest absolute Gasteiger partial charge is 0.478 e. The quantitative estimate of drug-likeness (QED) is 0.654. The van der Waals surface area contributed by atoms with Gasteiger partial charge in [0.15, 0.2) is 0 Å². The van der Waals surface area contributed by atoms with Crippen molar-refractivity contribution < 1.29 is 19.8 Å². The van der Waals surface area contributed by atoms with E-state index >= 15 is 0 Å². The molecule has 1 aromatic rings. The number of hydrogen-bond donors (Lipinski definition) is 4. The van der Waals surface area contributed by atoms with Gasteiger partial charge in [-0.3, -0.25) is 5.32 Å². The molecule has 100 valence electrons. The summed E-state index contributed by atoms with van der Waals surface area (Å²) in [7, 11) is 0. The van der Waals surface area contributed by atoms with E-state index in [9.17, 15) is 9.59 Å². The maximum Gasteiger partial charge on any atom is 0.338 e. The molecule has 6 nitrogen and oxygen atoms in total. The zero-order chi connectivity index (χ0) is 13.7. The Hall–Kier alpha value is -1.60. The predicted octanol–water partition coefficient (Wildman–Crippen LogP) is 1.58. The summed E-state index contributed by atoms with van der Waals surface area (Å²) in [6.07, 6.45) is 0. The molecular formula is C11H16N2O4S. The number of hydrogen-bond acceptors (Lipinski definition) is 4. The molecule has 0 aliphatic heterocycles. The first-order valence-electron chi connectivity index (χ1n) is 5.44. The molecule has 4 N–H and O–H groups in total. The lowest BCUT2D eigenvalue weighted by Crippen LogP contribution is -2.43. The Morgan fingerprint density at radius 1 is 1.44 bits per heavy atom. The van der Waals surface area contributed by atoms with Gasteiger partial charge < -0.3 is 15.5 Å². The van der Waals surface area contributed by atoms with Crippen LogP contribution in [-0.4, -0.2) is 34.9 Å². The van der Waals surface area contributed by atoms with E-state index in [0.29, 0.717) is 0 Å². The van der Waals surface area contributed by atoms with Crippen LogP contribution in [0.3, 0.4) is 0 Å². The third-order valence-electron chi connectivity index (χ3n) is 2.44. The number of carboxylic acid groups (broad SMARTS) is 1. The summed E-state index contributed by atoms with van der Waals surface area (Å²) in [4.78, 5) is 22.5. The average Bonchev–Trinajstić information content (AvgIpc) is 2.73. The predicted molar refractivity (Wildman–Crippen MR) is 69.1 cm³/mol. The second kappa shape index (κ2) is 6.36. The lowest BCUT2D eigenvalue weighted by atomic mass is 10.1. The lowest BCUT2D eigenvalue weighted by Gasteiger charge is -2.19. The van der Waals surface area contributed by atoms with Crippen LogP contribution in [0, 0.1) is 5.92 Å². The van der Waals surface area contributed by atoms with Gasteiger partial charge in [-0.1, -0.05) is 13.8 Å². The molecule has 1 heterocycles. The molecule has 0 fully saturated rings. The molecule has 7 heteroatoms. The van der Waals surface area contributed by atoms with E-state index in [0.717, 1.165) is 11.3 Å². The highest BCUT2D eigenvalue weighted by Crippen LogP contribution is 2.22. The summed E-state index contributed by atoms with van der Waals surface area (Å²) >= 11 is 1.13. The van der Waals surface area contributed by atoms with E-state index in [-0.39, 0.29) is 29.1 Å². The molecule has 1 aromatic heterocycles. The Bertz CT molecular complexity index is 430. The number of nitrogens with one attached hydrogen (secondary N) is 2. The van der Waals surface area contributed by atoms with Gasteiger partial charge in [0.1, 0.15) is 5.00 Å². The summed E-state index contributed by atoms with van der Waals surface area (Å²) in [5.41, 5.74) is 0.0558. The third-order valence-corrected chi connectivity index (χ3v) is 3.27. The van der Waals surface area contributed by atoms with Crippen molar-refractivity contribution in [3.05, 3.63) is 17.0 Å². The number of urea groups is 1. The number of aromatic carboxylic acids is 1. The number of carbonyl (C=O) groups excluding carboxylic acids is 1.